The smallest absolute Gasteiger partial charge is 0.227 e. The molecule has 0 aromatic carbocycles. The molecule has 1 aliphatic heterocycles. The lowest BCUT2D eigenvalue weighted by atomic mass is 10.2. The van der Waals surface area contributed by atoms with Gasteiger partial charge in [0.05, 0.1) is 0 Å². The molecular weight excluding hydrogens is 344 g/mol. The number of hydrogen-bond acceptors (Lipinski definition) is 7. The van der Waals surface area contributed by atoms with Gasteiger partial charge < -0.3 is 14.3 Å². The van der Waals surface area contributed by atoms with Crippen molar-refractivity contribution < 1.29 is 9.32 Å². The summed E-state index contributed by atoms with van der Waals surface area (Å²) in [7, 11) is 0. The van der Waals surface area contributed by atoms with Crippen LogP contribution in [0.4, 0.5) is 5.69 Å². The highest BCUT2D eigenvalue weighted by atomic mass is 16.5. The van der Waals surface area contributed by atoms with Crippen LogP contribution in [0.25, 0.3) is 11.4 Å². The summed E-state index contributed by atoms with van der Waals surface area (Å²) in [6.07, 6.45) is 7.75. The van der Waals surface area contributed by atoms with Crippen molar-refractivity contribution in [2.75, 3.05) is 31.1 Å². The third-order valence-electron chi connectivity index (χ3n) is 4.62. The van der Waals surface area contributed by atoms with Crippen LogP contribution in [-0.2, 0) is 11.2 Å². The molecule has 8 nitrogen and oxygen atoms in total. The standard InChI is InChI=1S/C19H20N6O2/c26-18(25-13-11-24(12-14-25)16-5-9-21-10-6-16)2-1-17-22-19(23-27-17)15-3-7-20-8-4-15/h3-10H,1-2,11-14H2. The van der Waals surface area contributed by atoms with E-state index in [-0.39, 0.29) is 5.91 Å². The van der Waals surface area contributed by atoms with Gasteiger partial charge in [0, 0.05) is 75.1 Å². The fourth-order valence-electron chi connectivity index (χ4n) is 3.12. The van der Waals surface area contributed by atoms with E-state index >= 15 is 0 Å². The van der Waals surface area contributed by atoms with Gasteiger partial charge in [0.2, 0.25) is 17.6 Å². The quantitative estimate of drug-likeness (QED) is 0.682. The maximum Gasteiger partial charge on any atom is 0.227 e. The maximum absolute atomic E-state index is 12.5. The predicted octanol–water partition coefficient (Wildman–Crippen LogP) is 1.81. The van der Waals surface area contributed by atoms with Crippen molar-refractivity contribution in [3.63, 3.8) is 0 Å². The second kappa shape index (κ2) is 7.94. The number of aromatic nitrogens is 4. The van der Waals surface area contributed by atoms with Crippen LogP contribution in [0.15, 0.2) is 53.6 Å². The Morgan fingerprint density at radius 3 is 2.33 bits per heavy atom. The van der Waals surface area contributed by atoms with E-state index in [0.29, 0.717) is 37.6 Å². The van der Waals surface area contributed by atoms with Crippen molar-refractivity contribution in [1.29, 1.82) is 0 Å². The van der Waals surface area contributed by atoms with E-state index in [0.717, 1.165) is 24.3 Å². The third-order valence-corrected chi connectivity index (χ3v) is 4.62. The zero-order valence-corrected chi connectivity index (χ0v) is 14.9. The van der Waals surface area contributed by atoms with Gasteiger partial charge in [-0.2, -0.15) is 4.98 Å². The first kappa shape index (κ1) is 17.1. The number of nitrogens with zero attached hydrogens (tertiary/aromatic N) is 6. The molecule has 138 valence electrons. The number of piperazine rings is 1. The third kappa shape index (κ3) is 4.11. The van der Waals surface area contributed by atoms with Crippen molar-refractivity contribution in [3.8, 4) is 11.4 Å². The van der Waals surface area contributed by atoms with Crippen LogP contribution in [0.3, 0.4) is 0 Å². The van der Waals surface area contributed by atoms with Gasteiger partial charge in [0.25, 0.3) is 0 Å². The number of carbonyl (C=O) groups is 1. The van der Waals surface area contributed by atoms with Crippen molar-refractivity contribution in [1.82, 2.24) is 25.0 Å². The van der Waals surface area contributed by atoms with Gasteiger partial charge >= 0.3 is 0 Å². The molecule has 1 saturated heterocycles. The fourth-order valence-corrected chi connectivity index (χ4v) is 3.12. The maximum atomic E-state index is 12.5. The second-order valence-electron chi connectivity index (χ2n) is 6.32. The molecular formula is C19H20N6O2. The minimum Gasteiger partial charge on any atom is -0.368 e. The van der Waals surface area contributed by atoms with Gasteiger partial charge in [-0.1, -0.05) is 5.16 Å². The molecule has 0 radical (unpaired) electrons. The Labute approximate surface area is 156 Å². The zero-order valence-electron chi connectivity index (χ0n) is 14.9. The summed E-state index contributed by atoms with van der Waals surface area (Å²) >= 11 is 0. The lowest BCUT2D eigenvalue weighted by Crippen LogP contribution is -2.48. The minimum absolute atomic E-state index is 0.119. The van der Waals surface area contributed by atoms with Gasteiger partial charge in [-0.15, -0.1) is 0 Å². The molecule has 1 aliphatic rings. The lowest BCUT2D eigenvalue weighted by molar-refractivity contribution is -0.131. The van der Waals surface area contributed by atoms with E-state index in [2.05, 4.69) is 25.0 Å². The summed E-state index contributed by atoms with van der Waals surface area (Å²) in [6.45, 7) is 3.07. The van der Waals surface area contributed by atoms with E-state index in [1.54, 1.807) is 24.8 Å². The first-order valence-corrected chi connectivity index (χ1v) is 8.95. The monoisotopic (exact) mass is 364 g/mol. The Bertz CT molecular complexity index is 875. The van der Waals surface area contributed by atoms with Gasteiger partial charge in [-0.05, 0) is 24.3 Å². The molecule has 27 heavy (non-hydrogen) atoms. The average molecular weight is 364 g/mol. The van der Waals surface area contributed by atoms with Gasteiger partial charge in [0.15, 0.2) is 0 Å². The lowest BCUT2D eigenvalue weighted by Gasteiger charge is -2.36. The summed E-state index contributed by atoms with van der Waals surface area (Å²) in [5, 5.41) is 3.97. The van der Waals surface area contributed by atoms with Crippen LogP contribution >= 0.6 is 0 Å². The highest BCUT2D eigenvalue weighted by Gasteiger charge is 2.21. The van der Waals surface area contributed by atoms with Crippen molar-refractivity contribution in [2.45, 2.75) is 12.8 Å². The molecule has 0 aliphatic carbocycles. The van der Waals surface area contributed by atoms with Gasteiger partial charge in [0.1, 0.15) is 0 Å². The van der Waals surface area contributed by atoms with Crippen LogP contribution in [-0.4, -0.2) is 57.1 Å². The average Bonchev–Trinajstić information content (AvgIpc) is 3.22. The molecule has 0 unspecified atom stereocenters. The molecule has 4 heterocycles. The molecule has 0 saturated carbocycles. The summed E-state index contributed by atoms with van der Waals surface area (Å²) < 4.78 is 5.27. The molecule has 1 amide bonds. The molecule has 0 bridgehead atoms. The topological polar surface area (TPSA) is 88.2 Å². The fraction of sp³-hybridized carbons (Fsp3) is 0.316. The number of hydrogen-bond donors (Lipinski definition) is 0. The highest BCUT2D eigenvalue weighted by Crippen LogP contribution is 2.17. The Hall–Kier alpha value is -3.29. The normalized spacial score (nSPS) is 14.4. The minimum atomic E-state index is 0.119. The Balaban J connectivity index is 1.27. The van der Waals surface area contributed by atoms with E-state index in [4.69, 9.17) is 4.52 Å². The Kier molecular flexibility index (Phi) is 5.04. The molecule has 1 fully saturated rings. The molecule has 3 aromatic rings. The Morgan fingerprint density at radius 1 is 0.963 bits per heavy atom. The number of carbonyl (C=O) groups excluding carboxylic acids is 1. The summed E-state index contributed by atoms with van der Waals surface area (Å²) in [5.41, 5.74) is 1.99. The van der Waals surface area contributed by atoms with Crippen LogP contribution < -0.4 is 4.90 Å². The zero-order chi connectivity index (χ0) is 18.5. The van der Waals surface area contributed by atoms with Crippen LogP contribution in [0.1, 0.15) is 12.3 Å². The summed E-state index contributed by atoms with van der Waals surface area (Å²) in [4.78, 5) is 29.0. The molecule has 8 heteroatoms. The van der Waals surface area contributed by atoms with Crippen LogP contribution in [0.5, 0.6) is 0 Å². The Morgan fingerprint density at radius 2 is 1.63 bits per heavy atom. The van der Waals surface area contributed by atoms with E-state index in [1.807, 2.05) is 29.2 Å². The van der Waals surface area contributed by atoms with E-state index < -0.39 is 0 Å². The van der Waals surface area contributed by atoms with E-state index in [1.165, 1.54) is 0 Å². The SMILES string of the molecule is O=C(CCc1nc(-c2ccncc2)no1)N1CCN(c2ccncc2)CC1. The molecule has 4 rings (SSSR count). The number of anilines is 1. The summed E-state index contributed by atoms with van der Waals surface area (Å²) in [6, 6.07) is 7.63. The largest absolute Gasteiger partial charge is 0.368 e. The molecule has 0 N–H and O–H groups in total. The van der Waals surface area contributed by atoms with Crippen LogP contribution in [0.2, 0.25) is 0 Å². The number of rotatable bonds is 5. The second-order valence-corrected chi connectivity index (χ2v) is 6.32. The molecule has 0 atom stereocenters. The summed E-state index contributed by atoms with van der Waals surface area (Å²) in [5.74, 6) is 1.12. The first-order chi connectivity index (χ1) is 13.3. The number of aryl methyl sites for hydroxylation is 1. The molecule has 3 aromatic heterocycles. The van der Waals surface area contributed by atoms with Crippen LogP contribution in [0, 0.1) is 0 Å². The molecule has 0 spiro atoms. The number of amides is 1. The van der Waals surface area contributed by atoms with Gasteiger partial charge in [-0.25, -0.2) is 0 Å². The van der Waals surface area contributed by atoms with E-state index in [9.17, 15) is 4.79 Å². The number of pyridine rings is 2. The van der Waals surface area contributed by atoms with Gasteiger partial charge in [-0.3, -0.25) is 14.8 Å². The van der Waals surface area contributed by atoms with Crippen molar-refractivity contribution in [3.05, 3.63) is 54.9 Å². The predicted molar refractivity (Wildman–Crippen MR) is 98.9 cm³/mol. The first-order valence-electron chi connectivity index (χ1n) is 8.95. The highest BCUT2D eigenvalue weighted by molar-refractivity contribution is 5.76. The van der Waals surface area contributed by atoms with Crippen molar-refractivity contribution >= 4 is 11.6 Å². The van der Waals surface area contributed by atoms with Crippen molar-refractivity contribution in [2.24, 2.45) is 0 Å².